The zero-order valence-electron chi connectivity index (χ0n) is 10.0. The Balaban J connectivity index is 0.00000121. The van der Waals surface area contributed by atoms with Gasteiger partial charge in [0.15, 0.2) is 0 Å². The normalized spacial score (nSPS) is 17.9. The lowest BCUT2D eigenvalue weighted by molar-refractivity contribution is -0.148. The molecule has 1 aliphatic rings. The molecule has 17 heavy (non-hydrogen) atoms. The lowest BCUT2D eigenvalue weighted by atomic mass is 10.2. The lowest BCUT2D eigenvalue weighted by Gasteiger charge is -2.21. The molecule has 1 atom stereocenters. The zero-order valence-corrected chi connectivity index (χ0v) is 10.0. The van der Waals surface area contributed by atoms with E-state index in [1.165, 1.54) is 0 Å². The number of rotatable bonds is 1. The Morgan fingerprint density at radius 1 is 1.18 bits per heavy atom. The van der Waals surface area contributed by atoms with Crippen molar-refractivity contribution in [1.82, 2.24) is 15.8 Å². The first-order chi connectivity index (χ1) is 8.11. The number of likely N-dealkylation sites (tertiary alicyclic amines) is 1. The molecule has 0 aliphatic carbocycles. The van der Waals surface area contributed by atoms with E-state index in [-0.39, 0.29) is 0 Å². The maximum absolute atomic E-state index is 11.4. The summed E-state index contributed by atoms with van der Waals surface area (Å²) < 4.78 is 0. The average Bonchev–Trinajstić information content (AvgIpc) is 2.87. The SMILES string of the molecule is CC.NNC(=O)C(=O)N1CCCC1C(=O)NN. The summed E-state index contributed by atoms with van der Waals surface area (Å²) in [7, 11) is 0. The van der Waals surface area contributed by atoms with E-state index in [1.54, 1.807) is 5.43 Å². The Kier molecular flexibility index (Phi) is 6.83. The first kappa shape index (κ1) is 15.3. The highest BCUT2D eigenvalue weighted by atomic mass is 16.2. The van der Waals surface area contributed by atoms with Crippen LogP contribution in [0.15, 0.2) is 0 Å². The molecule has 3 amide bonds. The molecule has 1 fully saturated rings. The topological polar surface area (TPSA) is 131 Å². The highest BCUT2D eigenvalue weighted by Crippen LogP contribution is 2.17. The Morgan fingerprint density at radius 2 is 1.76 bits per heavy atom. The zero-order chi connectivity index (χ0) is 13.4. The van der Waals surface area contributed by atoms with Crippen LogP contribution >= 0.6 is 0 Å². The smallest absolute Gasteiger partial charge is 0.322 e. The molecule has 8 nitrogen and oxygen atoms in total. The number of nitrogens with one attached hydrogen (secondary N) is 2. The molecule has 98 valence electrons. The van der Waals surface area contributed by atoms with Crippen LogP contribution in [-0.4, -0.2) is 35.2 Å². The average molecular weight is 245 g/mol. The van der Waals surface area contributed by atoms with Gasteiger partial charge in [0.1, 0.15) is 6.04 Å². The van der Waals surface area contributed by atoms with Crippen molar-refractivity contribution >= 4 is 17.7 Å². The van der Waals surface area contributed by atoms with E-state index in [4.69, 9.17) is 11.7 Å². The van der Waals surface area contributed by atoms with Gasteiger partial charge in [-0.25, -0.2) is 11.7 Å². The number of hydrogen-bond acceptors (Lipinski definition) is 5. The molecule has 0 aromatic rings. The van der Waals surface area contributed by atoms with Crippen molar-refractivity contribution in [3.05, 3.63) is 0 Å². The second-order valence-electron chi connectivity index (χ2n) is 3.14. The second-order valence-corrected chi connectivity index (χ2v) is 3.14. The van der Waals surface area contributed by atoms with Gasteiger partial charge in [0.25, 0.3) is 5.91 Å². The molecule has 0 spiro atoms. The summed E-state index contributed by atoms with van der Waals surface area (Å²) in [6.45, 7) is 4.35. The number of carbonyl (C=O) groups is 3. The van der Waals surface area contributed by atoms with Gasteiger partial charge in [-0.05, 0) is 12.8 Å². The molecule has 6 N–H and O–H groups in total. The predicted octanol–water partition coefficient (Wildman–Crippen LogP) is -2.02. The van der Waals surface area contributed by atoms with Crippen LogP contribution in [0.2, 0.25) is 0 Å². The third-order valence-electron chi connectivity index (χ3n) is 2.28. The minimum absolute atomic E-state index is 0.352. The van der Waals surface area contributed by atoms with Gasteiger partial charge in [-0.15, -0.1) is 0 Å². The maximum atomic E-state index is 11.4. The Hall–Kier alpha value is -1.67. The van der Waals surface area contributed by atoms with Gasteiger partial charge in [-0.1, -0.05) is 13.8 Å². The Morgan fingerprint density at radius 3 is 2.24 bits per heavy atom. The second kappa shape index (κ2) is 7.58. The van der Waals surface area contributed by atoms with Crippen molar-refractivity contribution in [2.75, 3.05) is 6.54 Å². The van der Waals surface area contributed by atoms with E-state index in [2.05, 4.69) is 0 Å². The van der Waals surface area contributed by atoms with Gasteiger partial charge < -0.3 is 4.90 Å². The number of amides is 3. The first-order valence-electron chi connectivity index (χ1n) is 5.43. The molecule has 1 rings (SSSR count). The predicted molar refractivity (Wildman–Crippen MR) is 60.7 cm³/mol. The summed E-state index contributed by atoms with van der Waals surface area (Å²) in [5, 5.41) is 0. The van der Waals surface area contributed by atoms with Gasteiger partial charge in [-0.2, -0.15) is 0 Å². The van der Waals surface area contributed by atoms with Crippen LogP contribution in [0.1, 0.15) is 26.7 Å². The third kappa shape index (κ3) is 3.68. The van der Waals surface area contributed by atoms with Crippen molar-refractivity contribution in [3.63, 3.8) is 0 Å². The summed E-state index contributed by atoms with van der Waals surface area (Å²) in [4.78, 5) is 34.8. The quantitative estimate of drug-likeness (QED) is 0.183. The fourth-order valence-electron chi connectivity index (χ4n) is 1.57. The minimum Gasteiger partial charge on any atom is -0.322 e. The monoisotopic (exact) mass is 245 g/mol. The summed E-state index contributed by atoms with van der Waals surface area (Å²) in [6.07, 6.45) is 1.15. The molecule has 0 radical (unpaired) electrons. The molecule has 1 heterocycles. The van der Waals surface area contributed by atoms with Gasteiger partial charge in [0.2, 0.25) is 0 Å². The minimum atomic E-state index is -0.938. The molecule has 0 aromatic heterocycles. The van der Waals surface area contributed by atoms with Crippen LogP contribution in [0.25, 0.3) is 0 Å². The molecule has 8 heteroatoms. The number of hydrazine groups is 2. The lowest BCUT2D eigenvalue weighted by Crippen LogP contribution is -2.52. The first-order valence-corrected chi connectivity index (χ1v) is 5.43. The van der Waals surface area contributed by atoms with Crippen LogP contribution in [0.5, 0.6) is 0 Å². The maximum Gasteiger partial charge on any atom is 0.323 e. The van der Waals surface area contributed by atoms with Gasteiger partial charge in [0.05, 0.1) is 0 Å². The molecule has 0 saturated carbocycles. The highest BCUT2D eigenvalue weighted by Gasteiger charge is 2.36. The summed E-state index contributed by atoms with van der Waals surface area (Å²) >= 11 is 0. The summed E-state index contributed by atoms with van der Waals surface area (Å²) in [6, 6.07) is -0.681. The van der Waals surface area contributed by atoms with E-state index in [0.29, 0.717) is 19.4 Å². The number of hydrogen-bond donors (Lipinski definition) is 4. The fraction of sp³-hybridized carbons (Fsp3) is 0.667. The van der Waals surface area contributed by atoms with Gasteiger partial charge >= 0.3 is 11.8 Å². The standard InChI is InChI=1S/C7H13N5O3.C2H6/c8-10-5(13)4-2-1-3-12(4)7(15)6(14)11-9;1-2/h4H,1-3,8-9H2,(H,10,13)(H,11,14);1-2H3. The van der Waals surface area contributed by atoms with E-state index in [1.807, 2.05) is 19.3 Å². The van der Waals surface area contributed by atoms with Crippen molar-refractivity contribution in [1.29, 1.82) is 0 Å². The summed E-state index contributed by atoms with van der Waals surface area (Å²) in [5.41, 5.74) is 3.68. The van der Waals surface area contributed by atoms with Crippen molar-refractivity contribution < 1.29 is 14.4 Å². The van der Waals surface area contributed by atoms with Gasteiger partial charge in [0, 0.05) is 6.54 Å². The van der Waals surface area contributed by atoms with Gasteiger partial charge in [-0.3, -0.25) is 25.2 Å². The van der Waals surface area contributed by atoms with Crippen LogP contribution in [0.3, 0.4) is 0 Å². The number of nitrogens with zero attached hydrogens (tertiary/aromatic N) is 1. The van der Waals surface area contributed by atoms with E-state index >= 15 is 0 Å². The molecular formula is C9H19N5O3. The molecule has 0 aromatic carbocycles. The Bertz CT molecular complexity index is 294. The van der Waals surface area contributed by atoms with Crippen molar-refractivity contribution in [3.8, 4) is 0 Å². The highest BCUT2D eigenvalue weighted by molar-refractivity contribution is 6.35. The fourth-order valence-corrected chi connectivity index (χ4v) is 1.57. The molecule has 1 saturated heterocycles. The van der Waals surface area contributed by atoms with Crippen LogP contribution in [0, 0.1) is 0 Å². The van der Waals surface area contributed by atoms with E-state index in [9.17, 15) is 14.4 Å². The largest absolute Gasteiger partial charge is 0.323 e. The van der Waals surface area contributed by atoms with E-state index < -0.39 is 23.8 Å². The molecule has 1 unspecified atom stereocenters. The molecule has 1 aliphatic heterocycles. The molecular weight excluding hydrogens is 226 g/mol. The van der Waals surface area contributed by atoms with Crippen LogP contribution < -0.4 is 22.5 Å². The van der Waals surface area contributed by atoms with Crippen molar-refractivity contribution in [2.24, 2.45) is 11.7 Å². The van der Waals surface area contributed by atoms with E-state index in [0.717, 1.165) is 4.90 Å². The van der Waals surface area contributed by atoms with Crippen LogP contribution in [-0.2, 0) is 14.4 Å². The number of carbonyl (C=O) groups excluding carboxylic acids is 3. The molecule has 0 bridgehead atoms. The van der Waals surface area contributed by atoms with Crippen LogP contribution in [0.4, 0.5) is 0 Å². The third-order valence-corrected chi connectivity index (χ3v) is 2.28. The number of nitrogens with two attached hydrogens (primary N) is 2. The van der Waals surface area contributed by atoms with Crippen molar-refractivity contribution in [2.45, 2.75) is 32.7 Å². The summed E-state index contributed by atoms with van der Waals surface area (Å²) in [5.74, 6) is 7.55. The Labute approximate surface area is 99.6 Å².